The first-order valence-corrected chi connectivity index (χ1v) is 9.35. The molecule has 0 amide bonds. The molecule has 0 radical (unpaired) electrons. The molecule has 0 saturated carbocycles. The first-order valence-electron chi connectivity index (χ1n) is 8.97. The average molecular weight is 383 g/mol. The molecule has 5 nitrogen and oxygen atoms in total. The molecule has 1 atom stereocenters. The van der Waals surface area contributed by atoms with Gasteiger partial charge in [0.2, 0.25) is 0 Å². The van der Waals surface area contributed by atoms with Crippen molar-refractivity contribution < 1.29 is 4.79 Å². The highest BCUT2D eigenvalue weighted by molar-refractivity contribution is 6.30. The molecule has 6 heteroatoms. The predicted octanol–water partition coefficient (Wildman–Crippen LogP) is 3.99. The van der Waals surface area contributed by atoms with Gasteiger partial charge >= 0.3 is 0 Å². The SMILES string of the molecule is Cc1cc(CCC(=O)C(C)c2ccc(CN)nc2)n(-c2cccc(Cl)c2)n1. The first kappa shape index (κ1) is 19.3. The maximum atomic E-state index is 12.7. The summed E-state index contributed by atoms with van der Waals surface area (Å²) in [6.45, 7) is 4.26. The molecule has 0 saturated heterocycles. The number of hydrogen-bond donors (Lipinski definition) is 1. The van der Waals surface area contributed by atoms with E-state index < -0.39 is 0 Å². The summed E-state index contributed by atoms with van der Waals surface area (Å²) >= 11 is 6.10. The van der Waals surface area contributed by atoms with Gasteiger partial charge in [0.1, 0.15) is 5.78 Å². The van der Waals surface area contributed by atoms with E-state index in [0.717, 1.165) is 28.3 Å². The number of aryl methyl sites for hydroxylation is 2. The third kappa shape index (κ3) is 4.62. The van der Waals surface area contributed by atoms with Gasteiger partial charge in [-0.2, -0.15) is 5.10 Å². The van der Waals surface area contributed by atoms with Gasteiger partial charge in [0.25, 0.3) is 0 Å². The smallest absolute Gasteiger partial charge is 0.140 e. The summed E-state index contributed by atoms with van der Waals surface area (Å²) in [5.74, 6) is -0.0261. The van der Waals surface area contributed by atoms with Crippen molar-refractivity contribution in [1.29, 1.82) is 0 Å². The Morgan fingerprint density at radius 2 is 2.07 bits per heavy atom. The van der Waals surface area contributed by atoms with Crippen LogP contribution in [0.4, 0.5) is 0 Å². The van der Waals surface area contributed by atoms with Crippen molar-refractivity contribution in [2.75, 3.05) is 0 Å². The number of nitrogens with zero attached hydrogens (tertiary/aromatic N) is 3. The molecule has 1 aromatic carbocycles. The van der Waals surface area contributed by atoms with Crippen LogP contribution in [0.1, 0.15) is 41.9 Å². The van der Waals surface area contributed by atoms with Gasteiger partial charge < -0.3 is 5.73 Å². The standard InChI is InChI=1S/C21H23ClN4O/c1-14-10-20(26(25-14)19-5-3-4-17(22)11-19)8-9-21(27)15(2)16-6-7-18(12-23)24-13-16/h3-7,10-11,13,15H,8-9,12,23H2,1-2H3. The third-order valence-electron chi connectivity index (χ3n) is 4.63. The van der Waals surface area contributed by atoms with E-state index in [2.05, 4.69) is 10.1 Å². The zero-order valence-corrected chi connectivity index (χ0v) is 16.3. The van der Waals surface area contributed by atoms with E-state index in [1.807, 2.05) is 61.0 Å². The summed E-state index contributed by atoms with van der Waals surface area (Å²) in [5, 5.41) is 5.20. The second-order valence-corrected chi connectivity index (χ2v) is 7.08. The maximum Gasteiger partial charge on any atom is 0.140 e. The van der Waals surface area contributed by atoms with E-state index in [-0.39, 0.29) is 11.7 Å². The number of Topliss-reactive ketones (excluding diaryl/α,β-unsaturated/α-hetero) is 1. The lowest BCUT2D eigenvalue weighted by molar-refractivity contribution is -0.120. The molecule has 0 spiro atoms. The van der Waals surface area contributed by atoms with Crippen LogP contribution in [0.15, 0.2) is 48.7 Å². The van der Waals surface area contributed by atoms with Crippen LogP contribution in [0, 0.1) is 6.92 Å². The lowest BCUT2D eigenvalue weighted by atomic mass is 9.94. The van der Waals surface area contributed by atoms with Crippen molar-refractivity contribution in [3.05, 3.63) is 76.3 Å². The van der Waals surface area contributed by atoms with Crippen molar-refractivity contribution in [3.8, 4) is 5.69 Å². The van der Waals surface area contributed by atoms with Crippen molar-refractivity contribution in [3.63, 3.8) is 0 Å². The molecule has 0 aliphatic heterocycles. The van der Waals surface area contributed by atoms with Crippen LogP contribution in [0.2, 0.25) is 5.02 Å². The van der Waals surface area contributed by atoms with E-state index in [1.165, 1.54) is 0 Å². The van der Waals surface area contributed by atoms with Gasteiger partial charge in [-0.3, -0.25) is 9.78 Å². The van der Waals surface area contributed by atoms with E-state index in [9.17, 15) is 4.79 Å². The number of nitrogens with two attached hydrogens (primary N) is 1. The van der Waals surface area contributed by atoms with E-state index >= 15 is 0 Å². The van der Waals surface area contributed by atoms with Gasteiger partial charge in [-0.15, -0.1) is 0 Å². The fraction of sp³-hybridized carbons (Fsp3) is 0.286. The number of benzene rings is 1. The van der Waals surface area contributed by atoms with Crippen LogP contribution >= 0.6 is 11.6 Å². The quantitative estimate of drug-likeness (QED) is 0.670. The highest BCUT2D eigenvalue weighted by atomic mass is 35.5. The first-order chi connectivity index (χ1) is 13.0. The van der Waals surface area contributed by atoms with E-state index in [0.29, 0.717) is 24.4 Å². The van der Waals surface area contributed by atoms with Gasteiger partial charge in [0, 0.05) is 35.8 Å². The van der Waals surface area contributed by atoms with Crippen molar-refractivity contribution >= 4 is 17.4 Å². The highest BCUT2D eigenvalue weighted by Gasteiger charge is 2.17. The number of aromatic nitrogens is 3. The van der Waals surface area contributed by atoms with Gasteiger partial charge in [0.05, 0.1) is 17.1 Å². The fourth-order valence-electron chi connectivity index (χ4n) is 3.03. The Labute approximate surface area is 164 Å². The molecule has 0 fully saturated rings. The Morgan fingerprint density at radius 1 is 1.26 bits per heavy atom. The second-order valence-electron chi connectivity index (χ2n) is 6.64. The summed E-state index contributed by atoms with van der Waals surface area (Å²) in [6, 6.07) is 13.4. The molecular formula is C21H23ClN4O. The van der Waals surface area contributed by atoms with E-state index in [4.69, 9.17) is 17.3 Å². The van der Waals surface area contributed by atoms with Crippen LogP contribution in [0.5, 0.6) is 0 Å². The minimum atomic E-state index is -0.201. The van der Waals surface area contributed by atoms with Crippen LogP contribution in [0.3, 0.4) is 0 Å². The predicted molar refractivity (Wildman–Crippen MR) is 107 cm³/mol. The number of hydrogen-bond acceptors (Lipinski definition) is 4. The Kier molecular flexibility index (Phi) is 6.04. The number of ketones is 1. The van der Waals surface area contributed by atoms with Gasteiger partial charge in [-0.25, -0.2) is 4.68 Å². The van der Waals surface area contributed by atoms with Crippen LogP contribution in [0.25, 0.3) is 5.69 Å². The molecule has 1 unspecified atom stereocenters. The average Bonchev–Trinajstić information content (AvgIpc) is 3.06. The highest BCUT2D eigenvalue weighted by Crippen LogP contribution is 2.21. The monoisotopic (exact) mass is 382 g/mol. The van der Waals surface area contributed by atoms with Gasteiger partial charge in [0.15, 0.2) is 0 Å². The Bertz CT molecular complexity index is 934. The molecule has 140 valence electrons. The number of carbonyl (C=O) groups is 1. The third-order valence-corrected chi connectivity index (χ3v) is 4.86. The minimum Gasteiger partial charge on any atom is -0.325 e. The number of rotatable bonds is 7. The lowest BCUT2D eigenvalue weighted by Crippen LogP contribution is -2.12. The zero-order chi connectivity index (χ0) is 19.4. The van der Waals surface area contributed by atoms with Crippen molar-refractivity contribution in [2.45, 2.75) is 39.2 Å². The summed E-state index contributed by atoms with van der Waals surface area (Å²) in [6.07, 6.45) is 2.79. The topological polar surface area (TPSA) is 73.8 Å². The van der Waals surface area contributed by atoms with Crippen LogP contribution < -0.4 is 5.73 Å². The number of carbonyl (C=O) groups excluding carboxylic acids is 1. The Hall–Kier alpha value is -2.50. The molecular weight excluding hydrogens is 360 g/mol. The maximum absolute atomic E-state index is 12.7. The fourth-order valence-corrected chi connectivity index (χ4v) is 3.21. The van der Waals surface area contributed by atoms with Gasteiger partial charge in [-0.05, 0) is 49.2 Å². The van der Waals surface area contributed by atoms with Gasteiger partial charge in [-0.1, -0.05) is 30.7 Å². The lowest BCUT2D eigenvalue weighted by Gasteiger charge is -2.12. The van der Waals surface area contributed by atoms with Crippen molar-refractivity contribution in [1.82, 2.24) is 14.8 Å². The summed E-state index contributed by atoms with van der Waals surface area (Å²) in [4.78, 5) is 17.0. The minimum absolute atomic E-state index is 0.175. The molecule has 3 aromatic rings. The Balaban J connectivity index is 1.71. The normalized spacial score (nSPS) is 12.1. The molecule has 0 aliphatic rings. The summed E-state index contributed by atoms with van der Waals surface area (Å²) in [5.41, 5.74) is 10.1. The second kappa shape index (κ2) is 8.46. The zero-order valence-electron chi connectivity index (χ0n) is 15.5. The molecule has 2 aromatic heterocycles. The molecule has 27 heavy (non-hydrogen) atoms. The molecule has 0 bridgehead atoms. The summed E-state index contributed by atoms with van der Waals surface area (Å²) in [7, 11) is 0. The molecule has 3 rings (SSSR count). The van der Waals surface area contributed by atoms with Crippen LogP contribution in [-0.4, -0.2) is 20.5 Å². The number of halogens is 1. The largest absolute Gasteiger partial charge is 0.325 e. The van der Waals surface area contributed by atoms with E-state index in [1.54, 1.807) is 6.20 Å². The van der Waals surface area contributed by atoms with Crippen LogP contribution in [-0.2, 0) is 17.8 Å². The Morgan fingerprint density at radius 3 is 2.74 bits per heavy atom. The molecule has 2 heterocycles. The van der Waals surface area contributed by atoms with Crippen molar-refractivity contribution in [2.24, 2.45) is 5.73 Å². The summed E-state index contributed by atoms with van der Waals surface area (Å²) < 4.78 is 1.86. The number of pyridine rings is 1. The molecule has 0 aliphatic carbocycles. The molecule has 2 N–H and O–H groups in total.